The molecule has 4 rings (SSSR count). The highest BCUT2D eigenvalue weighted by molar-refractivity contribution is 5.94. The number of nitrogens with zero attached hydrogens (tertiary/aromatic N) is 4. The van der Waals surface area contributed by atoms with Crippen LogP contribution in [0.4, 0.5) is 13.2 Å². The van der Waals surface area contributed by atoms with E-state index >= 15 is 0 Å². The van der Waals surface area contributed by atoms with E-state index in [1.165, 1.54) is 16.6 Å². The molecule has 0 bridgehead atoms. The van der Waals surface area contributed by atoms with Gasteiger partial charge in [-0.25, -0.2) is 0 Å². The minimum Gasteiger partial charge on any atom is -0.496 e. The number of halogens is 3. The van der Waals surface area contributed by atoms with E-state index in [1.807, 2.05) is 18.2 Å². The number of methoxy groups -OCH3 is 1. The van der Waals surface area contributed by atoms with Crippen LogP contribution in [0.1, 0.15) is 15.9 Å². The van der Waals surface area contributed by atoms with Crippen LogP contribution in [0.25, 0.3) is 17.0 Å². The second-order valence-corrected chi connectivity index (χ2v) is 6.85. The molecule has 0 aliphatic heterocycles. The van der Waals surface area contributed by atoms with E-state index in [0.717, 1.165) is 12.1 Å². The summed E-state index contributed by atoms with van der Waals surface area (Å²) in [6, 6.07) is 14.8. The minimum atomic E-state index is -4.52. The van der Waals surface area contributed by atoms with Gasteiger partial charge in [0.1, 0.15) is 12.4 Å². The lowest BCUT2D eigenvalue weighted by Gasteiger charge is -2.10. The highest BCUT2D eigenvalue weighted by Gasteiger charge is 2.30. The van der Waals surface area contributed by atoms with Crippen LogP contribution in [-0.4, -0.2) is 46.0 Å². The van der Waals surface area contributed by atoms with Crippen molar-refractivity contribution < 1.29 is 27.4 Å². The second kappa shape index (κ2) is 9.15. The van der Waals surface area contributed by atoms with Crippen molar-refractivity contribution >= 4 is 11.6 Å². The molecule has 0 aliphatic carbocycles. The Morgan fingerprint density at radius 1 is 1.06 bits per heavy atom. The molecule has 4 aromatic rings. The molecule has 0 unspecified atom stereocenters. The molecule has 0 saturated carbocycles. The van der Waals surface area contributed by atoms with Gasteiger partial charge in [-0.1, -0.05) is 18.2 Å². The van der Waals surface area contributed by atoms with Gasteiger partial charge in [-0.3, -0.25) is 4.79 Å². The molecule has 1 amide bonds. The highest BCUT2D eigenvalue weighted by Crippen LogP contribution is 2.30. The van der Waals surface area contributed by atoms with Crippen molar-refractivity contribution in [1.82, 2.24) is 25.1 Å². The fraction of sp³-hybridized carbons (Fsp3) is 0.182. The molecular formula is C22H18F3N5O3. The number of alkyl halides is 3. The summed E-state index contributed by atoms with van der Waals surface area (Å²) in [6.07, 6.45) is -4.52. The summed E-state index contributed by atoms with van der Waals surface area (Å²) in [4.78, 5) is 12.2. The van der Waals surface area contributed by atoms with Gasteiger partial charge >= 0.3 is 6.18 Å². The summed E-state index contributed by atoms with van der Waals surface area (Å²) >= 11 is 0. The molecule has 0 aliphatic rings. The lowest BCUT2D eigenvalue weighted by atomic mass is 10.1. The summed E-state index contributed by atoms with van der Waals surface area (Å²) in [7, 11) is 1.55. The largest absolute Gasteiger partial charge is 0.496 e. The molecule has 2 heterocycles. The lowest BCUT2D eigenvalue weighted by Crippen LogP contribution is -2.28. The third kappa shape index (κ3) is 4.86. The maximum absolute atomic E-state index is 12.8. The third-order valence-corrected chi connectivity index (χ3v) is 4.68. The summed E-state index contributed by atoms with van der Waals surface area (Å²) < 4.78 is 50.9. The zero-order valence-corrected chi connectivity index (χ0v) is 17.3. The van der Waals surface area contributed by atoms with Crippen LogP contribution in [0, 0.1) is 0 Å². The first-order valence-electron chi connectivity index (χ1n) is 9.81. The van der Waals surface area contributed by atoms with Crippen molar-refractivity contribution in [2.75, 3.05) is 20.3 Å². The van der Waals surface area contributed by atoms with E-state index in [-0.39, 0.29) is 24.6 Å². The average Bonchev–Trinajstić information content (AvgIpc) is 3.24. The van der Waals surface area contributed by atoms with Crippen molar-refractivity contribution in [2.24, 2.45) is 0 Å². The molecule has 0 saturated heterocycles. The number of hydrogen-bond acceptors (Lipinski definition) is 6. The van der Waals surface area contributed by atoms with Crippen LogP contribution < -0.4 is 14.8 Å². The van der Waals surface area contributed by atoms with Crippen LogP contribution in [-0.2, 0) is 6.18 Å². The van der Waals surface area contributed by atoms with Gasteiger partial charge in [0, 0.05) is 11.6 Å². The molecule has 33 heavy (non-hydrogen) atoms. The summed E-state index contributed by atoms with van der Waals surface area (Å²) in [5.41, 5.74) is 0.227. The number of rotatable bonds is 7. The molecule has 0 spiro atoms. The number of nitrogens with one attached hydrogen (secondary N) is 1. The molecule has 2 aromatic heterocycles. The standard InChI is InChI=1S/C22H18F3N5O3/c1-32-17-8-3-2-7-16(17)20-28-27-18-9-10-19(29-30(18)20)33-12-11-26-21(31)14-5-4-6-15(13-14)22(23,24)25/h2-10,13H,11-12H2,1H3,(H,26,31). The molecule has 8 nitrogen and oxygen atoms in total. The van der Waals surface area contributed by atoms with Crippen LogP contribution in [0.3, 0.4) is 0 Å². The SMILES string of the molecule is COc1ccccc1-c1nnc2ccc(OCCNC(=O)c3cccc(C(F)(F)F)c3)nn12. The first-order valence-corrected chi connectivity index (χ1v) is 9.81. The number of carbonyl (C=O) groups is 1. The average molecular weight is 457 g/mol. The summed E-state index contributed by atoms with van der Waals surface area (Å²) in [6.45, 7) is 0.117. The van der Waals surface area contributed by atoms with Crippen molar-refractivity contribution in [3.05, 3.63) is 71.8 Å². The van der Waals surface area contributed by atoms with Gasteiger partial charge in [-0.2, -0.15) is 17.7 Å². The molecule has 1 N–H and O–H groups in total. The quantitative estimate of drug-likeness (QED) is 0.427. The number of aromatic nitrogens is 4. The Morgan fingerprint density at radius 3 is 2.67 bits per heavy atom. The van der Waals surface area contributed by atoms with Crippen LogP contribution in [0.15, 0.2) is 60.7 Å². The fourth-order valence-electron chi connectivity index (χ4n) is 3.11. The second-order valence-electron chi connectivity index (χ2n) is 6.85. The van der Waals surface area contributed by atoms with E-state index < -0.39 is 17.6 Å². The van der Waals surface area contributed by atoms with Crippen molar-refractivity contribution in [1.29, 1.82) is 0 Å². The molecular weight excluding hydrogens is 439 g/mol. The Hall–Kier alpha value is -4.15. The van der Waals surface area contributed by atoms with E-state index in [9.17, 15) is 18.0 Å². The van der Waals surface area contributed by atoms with Crippen LogP contribution >= 0.6 is 0 Å². The van der Waals surface area contributed by atoms with E-state index in [0.29, 0.717) is 22.8 Å². The number of amides is 1. The lowest BCUT2D eigenvalue weighted by molar-refractivity contribution is -0.137. The highest BCUT2D eigenvalue weighted by atomic mass is 19.4. The van der Waals surface area contributed by atoms with E-state index in [4.69, 9.17) is 9.47 Å². The molecule has 0 atom stereocenters. The Labute approximate surface area is 186 Å². The number of benzene rings is 2. The zero-order chi connectivity index (χ0) is 23.4. The number of ether oxygens (including phenoxy) is 2. The van der Waals surface area contributed by atoms with Gasteiger partial charge in [0.25, 0.3) is 5.91 Å². The topological polar surface area (TPSA) is 90.6 Å². The molecule has 11 heteroatoms. The third-order valence-electron chi connectivity index (χ3n) is 4.68. The fourth-order valence-corrected chi connectivity index (χ4v) is 3.11. The van der Waals surface area contributed by atoms with Gasteiger partial charge < -0.3 is 14.8 Å². The molecule has 0 fully saturated rings. The molecule has 2 aromatic carbocycles. The molecule has 0 radical (unpaired) electrons. The van der Waals surface area contributed by atoms with Crippen molar-refractivity contribution in [3.63, 3.8) is 0 Å². The monoisotopic (exact) mass is 457 g/mol. The minimum absolute atomic E-state index is 0.0509. The summed E-state index contributed by atoms with van der Waals surface area (Å²) in [5, 5.41) is 15.2. The maximum atomic E-state index is 12.8. The van der Waals surface area contributed by atoms with Crippen LogP contribution in [0.5, 0.6) is 11.6 Å². The van der Waals surface area contributed by atoms with Gasteiger partial charge in [-0.05, 0) is 36.4 Å². The van der Waals surface area contributed by atoms with Gasteiger partial charge in [0.2, 0.25) is 5.88 Å². The molecule has 170 valence electrons. The Balaban J connectivity index is 1.41. The number of carbonyl (C=O) groups excluding carboxylic acids is 1. The Kier molecular flexibility index (Phi) is 6.11. The van der Waals surface area contributed by atoms with Gasteiger partial charge in [0.15, 0.2) is 11.5 Å². The van der Waals surface area contributed by atoms with E-state index in [1.54, 1.807) is 25.3 Å². The summed E-state index contributed by atoms with van der Waals surface area (Å²) in [5.74, 6) is 0.695. The van der Waals surface area contributed by atoms with E-state index in [2.05, 4.69) is 20.6 Å². The Bertz CT molecular complexity index is 1290. The van der Waals surface area contributed by atoms with Crippen LogP contribution in [0.2, 0.25) is 0 Å². The normalized spacial score (nSPS) is 11.4. The number of hydrogen-bond donors (Lipinski definition) is 1. The predicted octanol–water partition coefficient (Wildman–Crippen LogP) is 3.63. The van der Waals surface area contributed by atoms with Gasteiger partial charge in [-0.15, -0.1) is 15.3 Å². The number of para-hydroxylation sites is 1. The maximum Gasteiger partial charge on any atom is 0.416 e. The van der Waals surface area contributed by atoms with Gasteiger partial charge in [0.05, 0.1) is 24.8 Å². The number of fused-ring (bicyclic) bond motifs is 1. The van der Waals surface area contributed by atoms with Crippen molar-refractivity contribution in [2.45, 2.75) is 6.18 Å². The first-order chi connectivity index (χ1) is 15.9. The van der Waals surface area contributed by atoms with Crippen molar-refractivity contribution in [3.8, 4) is 23.0 Å². The Morgan fingerprint density at radius 2 is 1.88 bits per heavy atom. The predicted molar refractivity (Wildman–Crippen MR) is 112 cm³/mol. The first kappa shape index (κ1) is 22.1. The smallest absolute Gasteiger partial charge is 0.416 e. The zero-order valence-electron chi connectivity index (χ0n) is 17.3.